The van der Waals surface area contributed by atoms with Crippen molar-refractivity contribution in [1.29, 1.82) is 0 Å². The summed E-state index contributed by atoms with van der Waals surface area (Å²) in [5.41, 5.74) is 0.285. The van der Waals surface area contributed by atoms with Gasteiger partial charge in [0, 0.05) is 18.5 Å². The number of carboxylic acid groups (broad SMARTS) is 1. The summed E-state index contributed by atoms with van der Waals surface area (Å²) >= 11 is 6.12. The van der Waals surface area contributed by atoms with Crippen LogP contribution in [0, 0.1) is 0 Å². The fourth-order valence-corrected chi connectivity index (χ4v) is 2.45. The van der Waals surface area contributed by atoms with Gasteiger partial charge in [-0.3, -0.25) is 4.79 Å². The molecule has 0 aliphatic heterocycles. The van der Waals surface area contributed by atoms with Gasteiger partial charge in [-0.2, -0.15) is 0 Å². The molecule has 1 amide bonds. The summed E-state index contributed by atoms with van der Waals surface area (Å²) in [5.74, 6) is -1.15. The highest BCUT2D eigenvalue weighted by atomic mass is 35.5. The van der Waals surface area contributed by atoms with Crippen molar-refractivity contribution in [2.75, 3.05) is 7.11 Å². The van der Waals surface area contributed by atoms with Gasteiger partial charge in [-0.05, 0) is 26.0 Å². The number of nitrogens with zero attached hydrogens (tertiary/aromatic N) is 1. The van der Waals surface area contributed by atoms with Crippen LogP contribution in [0.4, 0.5) is 0 Å². The second kappa shape index (κ2) is 6.61. The van der Waals surface area contributed by atoms with E-state index < -0.39 is 12.0 Å². The second-order valence-electron chi connectivity index (χ2n) is 4.62. The molecule has 1 atom stereocenters. The lowest BCUT2D eigenvalue weighted by Crippen LogP contribution is -2.42. The molecule has 1 rings (SSSR count). The topological polar surface area (TPSA) is 66.8 Å². The number of methoxy groups -OCH3 is 1. The Kier molecular flexibility index (Phi) is 5.39. The van der Waals surface area contributed by atoms with Gasteiger partial charge in [0.1, 0.15) is 5.75 Å². The molecular weight excluding hydrogens is 282 g/mol. The van der Waals surface area contributed by atoms with Crippen LogP contribution < -0.4 is 4.74 Å². The van der Waals surface area contributed by atoms with E-state index >= 15 is 0 Å². The van der Waals surface area contributed by atoms with Crippen molar-refractivity contribution >= 4 is 23.5 Å². The number of amides is 1. The predicted molar refractivity (Wildman–Crippen MR) is 76.0 cm³/mol. The van der Waals surface area contributed by atoms with Crippen LogP contribution in [-0.4, -0.2) is 35.0 Å². The first-order valence-corrected chi connectivity index (χ1v) is 6.53. The van der Waals surface area contributed by atoms with Gasteiger partial charge in [0.25, 0.3) is 0 Å². The Labute approximate surface area is 123 Å². The average Bonchev–Trinajstić information content (AvgIpc) is 2.34. The first-order valence-electron chi connectivity index (χ1n) is 6.15. The van der Waals surface area contributed by atoms with Crippen LogP contribution in [0.1, 0.15) is 32.4 Å². The zero-order valence-electron chi connectivity index (χ0n) is 11.9. The van der Waals surface area contributed by atoms with E-state index in [-0.39, 0.29) is 22.5 Å². The first kappa shape index (κ1) is 16.3. The summed E-state index contributed by atoms with van der Waals surface area (Å²) in [6.45, 7) is 4.83. The molecule has 0 fully saturated rings. The summed E-state index contributed by atoms with van der Waals surface area (Å²) in [4.78, 5) is 24.7. The molecule has 1 aromatic carbocycles. The molecule has 1 N–H and O–H groups in total. The molecule has 6 heteroatoms. The number of benzene rings is 1. The third kappa shape index (κ3) is 3.22. The summed E-state index contributed by atoms with van der Waals surface area (Å²) < 4.78 is 5.18. The Morgan fingerprint density at radius 2 is 1.95 bits per heavy atom. The predicted octanol–water partition coefficient (Wildman–Crippen LogP) is 2.73. The molecule has 1 aromatic rings. The third-order valence-electron chi connectivity index (χ3n) is 2.94. The summed E-state index contributed by atoms with van der Waals surface area (Å²) in [7, 11) is 1.43. The quantitative estimate of drug-likeness (QED) is 0.908. The Morgan fingerprint density at radius 3 is 2.35 bits per heavy atom. The second-order valence-corrected chi connectivity index (χ2v) is 5.02. The van der Waals surface area contributed by atoms with Gasteiger partial charge < -0.3 is 14.7 Å². The van der Waals surface area contributed by atoms with Crippen LogP contribution in [0.3, 0.4) is 0 Å². The number of hydrogen-bond donors (Lipinski definition) is 1. The van der Waals surface area contributed by atoms with E-state index in [0.29, 0.717) is 5.75 Å². The van der Waals surface area contributed by atoms with E-state index in [1.807, 2.05) is 0 Å². The molecular formula is C14H18ClNO4. The highest BCUT2D eigenvalue weighted by molar-refractivity contribution is 6.31. The van der Waals surface area contributed by atoms with Crippen LogP contribution in [-0.2, 0) is 9.59 Å². The van der Waals surface area contributed by atoms with E-state index in [9.17, 15) is 14.7 Å². The van der Waals surface area contributed by atoms with Crippen molar-refractivity contribution in [2.45, 2.75) is 32.9 Å². The Balaban J connectivity index is 3.49. The average molecular weight is 300 g/mol. The van der Waals surface area contributed by atoms with Gasteiger partial charge in [0.2, 0.25) is 5.91 Å². The monoisotopic (exact) mass is 299 g/mol. The van der Waals surface area contributed by atoms with E-state index in [0.717, 1.165) is 0 Å². The maximum atomic E-state index is 11.8. The highest BCUT2D eigenvalue weighted by Gasteiger charge is 2.35. The van der Waals surface area contributed by atoms with Crippen LogP contribution >= 0.6 is 11.6 Å². The molecule has 0 saturated carbocycles. The van der Waals surface area contributed by atoms with Crippen LogP contribution in [0.2, 0.25) is 5.02 Å². The minimum Gasteiger partial charge on any atom is -0.496 e. The number of halogens is 1. The minimum absolute atomic E-state index is 0.253. The number of carboxylic acids is 1. The largest absolute Gasteiger partial charge is 0.496 e. The lowest BCUT2D eigenvalue weighted by Gasteiger charge is -2.32. The van der Waals surface area contributed by atoms with E-state index in [2.05, 4.69) is 0 Å². The SMILES string of the molecule is COc1cccc(Cl)c1C(C(=O)O)N(C(C)=O)C(C)C. The fraction of sp³-hybridized carbons (Fsp3) is 0.429. The Bertz CT molecular complexity index is 516. The summed E-state index contributed by atoms with van der Waals surface area (Å²) in [6.07, 6.45) is 0. The lowest BCUT2D eigenvalue weighted by molar-refractivity contribution is -0.151. The van der Waals surface area contributed by atoms with E-state index in [1.165, 1.54) is 18.9 Å². The first-order chi connectivity index (χ1) is 9.31. The normalized spacial score (nSPS) is 12.1. The van der Waals surface area contributed by atoms with Crippen molar-refractivity contribution in [3.63, 3.8) is 0 Å². The van der Waals surface area contributed by atoms with Crippen LogP contribution in [0.25, 0.3) is 0 Å². The number of carbonyl (C=O) groups is 2. The maximum Gasteiger partial charge on any atom is 0.331 e. The van der Waals surface area contributed by atoms with E-state index in [1.54, 1.807) is 32.0 Å². The number of rotatable bonds is 5. The minimum atomic E-state index is -1.18. The zero-order valence-corrected chi connectivity index (χ0v) is 12.6. The summed E-state index contributed by atoms with van der Waals surface area (Å²) in [5, 5.41) is 9.78. The molecule has 0 spiro atoms. The van der Waals surface area contributed by atoms with Gasteiger partial charge in [0.05, 0.1) is 12.1 Å². The molecule has 110 valence electrons. The third-order valence-corrected chi connectivity index (χ3v) is 3.27. The number of hydrogen-bond acceptors (Lipinski definition) is 3. The molecule has 0 aliphatic rings. The lowest BCUT2D eigenvalue weighted by atomic mass is 10.0. The molecule has 1 unspecified atom stereocenters. The number of aliphatic carboxylic acids is 1. The molecule has 0 saturated heterocycles. The van der Waals surface area contributed by atoms with Gasteiger partial charge >= 0.3 is 5.97 Å². The summed E-state index contributed by atoms with van der Waals surface area (Å²) in [6, 6.07) is 3.40. The van der Waals surface area contributed by atoms with E-state index in [4.69, 9.17) is 16.3 Å². The van der Waals surface area contributed by atoms with Crippen molar-refractivity contribution in [1.82, 2.24) is 4.90 Å². The van der Waals surface area contributed by atoms with Gasteiger partial charge in [-0.25, -0.2) is 4.79 Å². The van der Waals surface area contributed by atoms with Crippen molar-refractivity contribution in [2.24, 2.45) is 0 Å². The standard InChI is InChI=1S/C14H18ClNO4/c1-8(2)16(9(3)17)13(14(18)19)12-10(15)6-5-7-11(12)20-4/h5-8,13H,1-4H3,(H,18,19). The molecule has 0 heterocycles. The fourth-order valence-electron chi connectivity index (χ4n) is 2.19. The van der Waals surface area contributed by atoms with Crippen molar-refractivity contribution in [3.8, 4) is 5.75 Å². The van der Waals surface area contributed by atoms with Crippen molar-refractivity contribution < 1.29 is 19.4 Å². The molecule has 20 heavy (non-hydrogen) atoms. The zero-order chi connectivity index (χ0) is 15.4. The number of carbonyl (C=O) groups excluding carboxylic acids is 1. The van der Waals surface area contributed by atoms with Crippen LogP contribution in [0.15, 0.2) is 18.2 Å². The molecule has 0 aromatic heterocycles. The smallest absolute Gasteiger partial charge is 0.331 e. The maximum absolute atomic E-state index is 11.8. The Hall–Kier alpha value is -1.75. The highest BCUT2D eigenvalue weighted by Crippen LogP contribution is 2.36. The van der Waals surface area contributed by atoms with Gasteiger partial charge in [0.15, 0.2) is 6.04 Å². The molecule has 5 nitrogen and oxygen atoms in total. The molecule has 0 aliphatic carbocycles. The van der Waals surface area contributed by atoms with Gasteiger partial charge in [-0.1, -0.05) is 17.7 Å². The van der Waals surface area contributed by atoms with Gasteiger partial charge in [-0.15, -0.1) is 0 Å². The molecule has 0 radical (unpaired) electrons. The van der Waals surface area contributed by atoms with Crippen molar-refractivity contribution in [3.05, 3.63) is 28.8 Å². The Morgan fingerprint density at radius 1 is 1.35 bits per heavy atom. The molecule has 0 bridgehead atoms. The van der Waals surface area contributed by atoms with Crippen LogP contribution in [0.5, 0.6) is 5.75 Å². The number of ether oxygens (including phenoxy) is 1.